The van der Waals surface area contributed by atoms with Gasteiger partial charge in [0, 0.05) is 5.39 Å². The van der Waals surface area contributed by atoms with Crippen LogP contribution in [0.25, 0.3) is 27.9 Å². The van der Waals surface area contributed by atoms with Gasteiger partial charge in [0.05, 0.1) is 18.2 Å². The maximum Gasteiger partial charge on any atom is 0.185 e. The van der Waals surface area contributed by atoms with E-state index in [9.17, 15) is 4.39 Å². The lowest BCUT2D eigenvalue weighted by Gasteiger charge is -2.02. The van der Waals surface area contributed by atoms with Crippen LogP contribution in [0.15, 0.2) is 48.8 Å². The second-order valence-electron chi connectivity index (χ2n) is 4.81. The van der Waals surface area contributed by atoms with Crippen LogP contribution in [0, 0.1) is 5.82 Å². The van der Waals surface area contributed by atoms with Gasteiger partial charge in [0.2, 0.25) is 0 Å². The molecular formula is C16H11FN4O. The fraction of sp³-hybridized carbons (Fsp3) is 0.0625. The van der Waals surface area contributed by atoms with Gasteiger partial charge in [-0.3, -0.25) is 0 Å². The highest BCUT2D eigenvalue weighted by Crippen LogP contribution is 2.25. The normalized spacial score (nSPS) is 11.2. The lowest BCUT2D eigenvalue weighted by atomic mass is 10.2. The Morgan fingerprint density at radius 3 is 2.82 bits per heavy atom. The van der Waals surface area contributed by atoms with Gasteiger partial charge in [-0.1, -0.05) is 12.1 Å². The summed E-state index contributed by atoms with van der Waals surface area (Å²) < 4.78 is 20.7. The minimum Gasteiger partial charge on any atom is -0.497 e. The summed E-state index contributed by atoms with van der Waals surface area (Å²) in [5.41, 5.74) is 1.75. The maximum absolute atomic E-state index is 13.9. The summed E-state index contributed by atoms with van der Waals surface area (Å²) in [6, 6.07) is 12.0. The number of hydrogen-bond acceptors (Lipinski definition) is 4. The van der Waals surface area contributed by atoms with Crippen LogP contribution in [0.4, 0.5) is 4.39 Å². The molecule has 0 spiro atoms. The summed E-state index contributed by atoms with van der Waals surface area (Å²) in [4.78, 5) is 8.79. The van der Waals surface area contributed by atoms with Crippen LogP contribution in [0.1, 0.15) is 0 Å². The van der Waals surface area contributed by atoms with E-state index < -0.39 is 0 Å². The fourth-order valence-electron chi connectivity index (χ4n) is 2.39. The van der Waals surface area contributed by atoms with Crippen LogP contribution in [-0.2, 0) is 0 Å². The van der Waals surface area contributed by atoms with Crippen LogP contribution in [0.3, 0.4) is 0 Å². The van der Waals surface area contributed by atoms with Gasteiger partial charge in [-0.05, 0) is 30.3 Å². The van der Waals surface area contributed by atoms with E-state index in [1.165, 1.54) is 6.07 Å². The summed E-state index contributed by atoms with van der Waals surface area (Å²) in [7, 11) is 1.60. The van der Waals surface area contributed by atoms with E-state index in [0.29, 0.717) is 22.8 Å². The molecule has 0 unspecified atom stereocenters. The highest BCUT2D eigenvalue weighted by Gasteiger charge is 2.13. The first-order valence-electron chi connectivity index (χ1n) is 6.70. The molecule has 2 aromatic carbocycles. The third-order valence-corrected chi connectivity index (χ3v) is 3.50. The van der Waals surface area contributed by atoms with Crippen molar-refractivity contribution in [1.29, 1.82) is 0 Å². The quantitative estimate of drug-likeness (QED) is 0.570. The van der Waals surface area contributed by atoms with Crippen molar-refractivity contribution >= 4 is 16.6 Å². The molecule has 0 saturated carbocycles. The number of benzene rings is 2. The van der Waals surface area contributed by atoms with Crippen molar-refractivity contribution in [2.75, 3.05) is 7.11 Å². The maximum atomic E-state index is 13.9. The Balaban J connectivity index is 2.01. The molecule has 0 amide bonds. The van der Waals surface area contributed by atoms with Crippen molar-refractivity contribution in [3.05, 3.63) is 54.6 Å². The smallest absolute Gasteiger partial charge is 0.185 e. The van der Waals surface area contributed by atoms with Crippen LogP contribution >= 0.6 is 0 Å². The second-order valence-corrected chi connectivity index (χ2v) is 4.81. The summed E-state index contributed by atoms with van der Waals surface area (Å²) in [6.45, 7) is 0. The molecule has 0 fully saturated rings. The number of methoxy groups -OCH3 is 1. The van der Waals surface area contributed by atoms with Gasteiger partial charge in [-0.25, -0.2) is 18.9 Å². The van der Waals surface area contributed by atoms with Gasteiger partial charge in [-0.15, -0.1) is 5.10 Å². The number of fused-ring (bicyclic) bond motifs is 3. The molecule has 0 aliphatic rings. The zero-order chi connectivity index (χ0) is 15.1. The Morgan fingerprint density at radius 2 is 2.00 bits per heavy atom. The van der Waals surface area contributed by atoms with Crippen LogP contribution in [0.5, 0.6) is 5.75 Å². The Labute approximate surface area is 125 Å². The largest absolute Gasteiger partial charge is 0.497 e. The average Bonchev–Trinajstić information content (AvgIpc) is 2.99. The average molecular weight is 294 g/mol. The first-order chi connectivity index (χ1) is 10.8. The van der Waals surface area contributed by atoms with Crippen molar-refractivity contribution in [3.63, 3.8) is 0 Å². The third-order valence-electron chi connectivity index (χ3n) is 3.50. The van der Waals surface area contributed by atoms with Crippen molar-refractivity contribution in [1.82, 2.24) is 19.6 Å². The zero-order valence-corrected chi connectivity index (χ0v) is 11.7. The van der Waals surface area contributed by atoms with Crippen LogP contribution in [0.2, 0.25) is 0 Å². The van der Waals surface area contributed by atoms with E-state index in [2.05, 4.69) is 15.1 Å². The van der Waals surface area contributed by atoms with E-state index in [0.717, 1.165) is 10.9 Å². The van der Waals surface area contributed by atoms with E-state index in [4.69, 9.17) is 4.74 Å². The molecule has 0 aliphatic heterocycles. The van der Waals surface area contributed by atoms with Crippen molar-refractivity contribution in [2.24, 2.45) is 0 Å². The molecule has 2 aromatic heterocycles. The minimum atomic E-state index is -0.353. The SMILES string of the molecule is COc1ccc2ncn3nc(-c4ccccc4F)nc3c2c1. The summed E-state index contributed by atoms with van der Waals surface area (Å²) in [5.74, 6) is 0.682. The molecule has 108 valence electrons. The number of rotatable bonds is 2. The second kappa shape index (κ2) is 4.77. The molecule has 0 bridgehead atoms. The van der Waals surface area contributed by atoms with E-state index >= 15 is 0 Å². The predicted molar refractivity (Wildman–Crippen MR) is 80.2 cm³/mol. The minimum absolute atomic E-state index is 0.329. The van der Waals surface area contributed by atoms with Gasteiger partial charge >= 0.3 is 0 Å². The lowest BCUT2D eigenvalue weighted by Crippen LogP contribution is -1.92. The molecule has 5 nitrogen and oxygen atoms in total. The fourth-order valence-corrected chi connectivity index (χ4v) is 2.39. The molecule has 4 rings (SSSR count). The number of nitrogens with zero attached hydrogens (tertiary/aromatic N) is 4. The highest BCUT2D eigenvalue weighted by molar-refractivity contribution is 5.92. The monoisotopic (exact) mass is 294 g/mol. The number of aromatic nitrogens is 4. The van der Waals surface area contributed by atoms with Crippen LogP contribution in [-0.4, -0.2) is 26.7 Å². The highest BCUT2D eigenvalue weighted by atomic mass is 19.1. The van der Waals surface area contributed by atoms with Gasteiger partial charge in [-0.2, -0.15) is 0 Å². The molecule has 0 N–H and O–H groups in total. The molecular weight excluding hydrogens is 283 g/mol. The summed E-state index contributed by atoms with van der Waals surface area (Å²) >= 11 is 0. The Hall–Kier alpha value is -3.02. The third kappa shape index (κ3) is 1.88. The Kier molecular flexibility index (Phi) is 2.75. The number of hydrogen-bond donors (Lipinski definition) is 0. The Morgan fingerprint density at radius 1 is 1.14 bits per heavy atom. The Bertz CT molecular complexity index is 996. The van der Waals surface area contributed by atoms with Gasteiger partial charge < -0.3 is 4.74 Å². The lowest BCUT2D eigenvalue weighted by molar-refractivity contribution is 0.415. The molecule has 0 aliphatic carbocycles. The molecule has 4 aromatic rings. The molecule has 0 radical (unpaired) electrons. The van der Waals surface area contributed by atoms with E-state index in [1.54, 1.807) is 36.2 Å². The summed E-state index contributed by atoms with van der Waals surface area (Å²) in [5, 5.41) is 5.11. The van der Waals surface area contributed by atoms with Gasteiger partial charge in [0.1, 0.15) is 17.9 Å². The van der Waals surface area contributed by atoms with Crippen LogP contribution < -0.4 is 4.74 Å². The number of halogens is 1. The van der Waals surface area contributed by atoms with Crippen molar-refractivity contribution < 1.29 is 9.13 Å². The molecule has 22 heavy (non-hydrogen) atoms. The molecule has 0 saturated heterocycles. The first-order valence-corrected chi connectivity index (χ1v) is 6.70. The van der Waals surface area contributed by atoms with Crippen molar-refractivity contribution in [2.45, 2.75) is 0 Å². The first kappa shape index (κ1) is 12.7. The van der Waals surface area contributed by atoms with E-state index in [-0.39, 0.29) is 5.82 Å². The molecule has 6 heteroatoms. The van der Waals surface area contributed by atoms with Gasteiger partial charge in [0.15, 0.2) is 11.5 Å². The predicted octanol–water partition coefficient (Wildman–Crippen LogP) is 3.09. The molecule has 0 atom stereocenters. The molecule has 2 heterocycles. The topological polar surface area (TPSA) is 52.3 Å². The van der Waals surface area contributed by atoms with E-state index in [1.807, 2.05) is 18.2 Å². The zero-order valence-electron chi connectivity index (χ0n) is 11.7. The number of ether oxygens (including phenoxy) is 1. The van der Waals surface area contributed by atoms with Gasteiger partial charge in [0.25, 0.3) is 0 Å². The standard InChI is InChI=1S/C16H11FN4O/c1-22-10-6-7-14-12(8-10)16-19-15(20-21(16)9-18-14)11-4-2-3-5-13(11)17/h2-9H,1H3. The van der Waals surface area contributed by atoms with Crippen molar-refractivity contribution in [3.8, 4) is 17.1 Å². The summed E-state index contributed by atoms with van der Waals surface area (Å²) in [6.07, 6.45) is 1.57.